The van der Waals surface area contributed by atoms with E-state index in [0.717, 1.165) is 28.3 Å². The van der Waals surface area contributed by atoms with Crippen molar-refractivity contribution in [1.29, 1.82) is 0 Å². The Morgan fingerprint density at radius 3 is 2.65 bits per heavy atom. The number of hydrogen-bond acceptors (Lipinski definition) is 6. The first-order valence-electron chi connectivity index (χ1n) is 11.1. The number of benzene rings is 2. The predicted molar refractivity (Wildman–Crippen MR) is 136 cm³/mol. The third-order valence-corrected chi connectivity index (χ3v) is 8.74. The Balaban J connectivity index is 1.60. The summed E-state index contributed by atoms with van der Waals surface area (Å²) in [4.78, 5) is 5.41. The second-order valence-corrected chi connectivity index (χ2v) is 11.5. The number of hydrogen-bond donors (Lipinski definition) is 2. The monoisotopic (exact) mass is 523 g/mol. The van der Waals surface area contributed by atoms with Crippen LogP contribution in [0, 0.1) is 18.7 Å². The molecule has 0 bridgehead atoms. The highest BCUT2D eigenvalue weighted by Crippen LogP contribution is 2.37. The lowest BCUT2D eigenvalue weighted by Crippen LogP contribution is -2.16. The number of halogens is 2. The summed E-state index contributed by atoms with van der Waals surface area (Å²) < 4.78 is 48.1. The van der Waals surface area contributed by atoms with E-state index < -0.39 is 15.8 Å². The zero-order valence-corrected chi connectivity index (χ0v) is 21.4. The number of ether oxygens (including phenoxy) is 1. The van der Waals surface area contributed by atoms with Crippen LogP contribution in [0.25, 0.3) is 10.4 Å². The van der Waals surface area contributed by atoms with Gasteiger partial charge in [-0.2, -0.15) is 0 Å². The molecule has 0 aliphatic heterocycles. The van der Waals surface area contributed by atoms with Gasteiger partial charge in [-0.15, -0.1) is 0 Å². The van der Waals surface area contributed by atoms with Crippen LogP contribution in [0.1, 0.15) is 37.8 Å². The van der Waals surface area contributed by atoms with Crippen molar-refractivity contribution in [2.24, 2.45) is 5.92 Å². The van der Waals surface area contributed by atoms with E-state index in [1.165, 1.54) is 68.7 Å². The van der Waals surface area contributed by atoms with Gasteiger partial charge in [0.1, 0.15) is 16.5 Å². The Morgan fingerprint density at radius 1 is 1.18 bits per heavy atom. The molecule has 1 aliphatic rings. The van der Waals surface area contributed by atoms with Crippen molar-refractivity contribution in [3.63, 3.8) is 0 Å². The molecule has 1 fully saturated rings. The van der Waals surface area contributed by atoms with E-state index in [0.29, 0.717) is 11.5 Å². The highest BCUT2D eigenvalue weighted by molar-refractivity contribution is 7.92. The highest BCUT2D eigenvalue weighted by atomic mass is 35.5. The van der Waals surface area contributed by atoms with E-state index in [-0.39, 0.29) is 21.4 Å². The quantitative estimate of drug-likeness (QED) is 0.343. The SMILES string of the molecule is COc1ccc(-c2sc(NCC3CCCCC3)nc2C)cc1S(=O)(=O)Nc1ccc(Cl)cc1F. The lowest BCUT2D eigenvalue weighted by molar-refractivity contribution is 0.373. The van der Waals surface area contributed by atoms with Gasteiger partial charge in [-0.25, -0.2) is 17.8 Å². The average Bonchev–Trinajstić information content (AvgIpc) is 3.20. The lowest BCUT2D eigenvalue weighted by atomic mass is 9.89. The molecule has 2 aromatic carbocycles. The van der Waals surface area contributed by atoms with Crippen molar-refractivity contribution in [2.75, 3.05) is 23.7 Å². The smallest absolute Gasteiger partial charge is 0.265 e. The number of aromatic nitrogens is 1. The normalized spacial score (nSPS) is 14.7. The summed E-state index contributed by atoms with van der Waals surface area (Å²) in [7, 11) is -2.75. The van der Waals surface area contributed by atoms with Gasteiger partial charge in [-0.3, -0.25) is 4.72 Å². The number of nitrogens with one attached hydrogen (secondary N) is 2. The van der Waals surface area contributed by atoms with Gasteiger partial charge < -0.3 is 10.1 Å². The van der Waals surface area contributed by atoms with Gasteiger partial charge in [-0.1, -0.05) is 42.2 Å². The minimum absolute atomic E-state index is 0.0913. The number of nitrogens with zero attached hydrogens (tertiary/aromatic N) is 1. The van der Waals surface area contributed by atoms with Gasteiger partial charge in [-0.05, 0) is 67.6 Å². The molecule has 10 heteroatoms. The summed E-state index contributed by atoms with van der Waals surface area (Å²) in [6.07, 6.45) is 6.37. The van der Waals surface area contributed by atoms with Gasteiger partial charge in [0.25, 0.3) is 10.0 Å². The summed E-state index contributed by atoms with van der Waals surface area (Å²) in [5.74, 6) is 0.0556. The van der Waals surface area contributed by atoms with Crippen LogP contribution in [0.4, 0.5) is 15.2 Å². The molecule has 0 saturated heterocycles. The van der Waals surface area contributed by atoms with Crippen LogP contribution >= 0.6 is 22.9 Å². The topological polar surface area (TPSA) is 80.3 Å². The first kappa shape index (κ1) is 24.8. The molecule has 1 aromatic heterocycles. The second kappa shape index (κ2) is 10.5. The number of methoxy groups -OCH3 is 1. The molecule has 0 amide bonds. The molecule has 34 heavy (non-hydrogen) atoms. The minimum Gasteiger partial charge on any atom is -0.495 e. The molecule has 0 spiro atoms. The standard InChI is InChI=1S/C24H27ClFN3O3S2/c1-15-23(33-24(28-15)27-14-16-6-4-3-5-7-16)17-8-11-21(32-2)22(12-17)34(30,31)29-20-10-9-18(25)13-19(20)26/h8-13,16,29H,3-7,14H2,1-2H3,(H,27,28). The third kappa shape index (κ3) is 5.64. The number of aryl methyl sites for hydroxylation is 1. The van der Waals surface area contributed by atoms with Crippen LogP contribution in [0.15, 0.2) is 41.3 Å². The molecule has 6 nitrogen and oxygen atoms in total. The summed E-state index contributed by atoms with van der Waals surface area (Å²) in [5, 5.41) is 4.45. The first-order chi connectivity index (χ1) is 16.3. The molecule has 3 aromatic rings. The Hall–Kier alpha value is -2.36. The Kier molecular flexibility index (Phi) is 7.64. The molecule has 1 aliphatic carbocycles. The maximum atomic E-state index is 14.2. The first-order valence-corrected chi connectivity index (χ1v) is 13.8. The van der Waals surface area contributed by atoms with Gasteiger partial charge in [0.15, 0.2) is 5.13 Å². The molecule has 0 radical (unpaired) electrons. The molecular weight excluding hydrogens is 497 g/mol. The Morgan fingerprint density at radius 2 is 1.94 bits per heavy atom. The fraction of sp³-hybridized carbons (Fsp3) is 0.375. The number of anilines is 2. The van der Waals surface area contributed by atoms with E-state index in [2.05, 4.69) is 15.0 Å². The van der Waals surface area contributed by atoms with Gasteiger partial charge in [0.05, 0.1) is 23.4 Å². The van der Waals surface area contributed by atoms with Crippen LogP contribution in [0.5, 0.6) is 5.75 Å². The summed E-state index contributed by atoms with van der Waals surface area (Å²) in [6.45, 7) is 2.79. The number of sulfonamides is 1. The summed E-state index contributed by atoms with van der Waals surface area (Å²) >= 11 is 7.27. The fourth-order valence-electron chi connectivity index (χ4n) is 4.16. The van der Waals surface area contributed by atoms with Crippen molar-refractivity contribution in [3.8, 4) is 16.2 Å². The number of thiazole rings is 1. The van der Waals surface area contributed by atoms with Crippen molar-refractivity contribution >= 4 is 43.8 Å². The van der Waals surface area contributed by atoms with Gasteiger partial charge >= 0.3 is 0 Å². The molecule has 0 atom stereocenters. The lowest BCUT2D eigenvalue weighted by Gasteiger charge is -2.21. The molecule has 4 rings (SSSR count). The highest BCUT2D eigenvalue weighted by Gasteiger charge is 2.23. The summed E-state index contributed by atoms with van der Waals surface area (Å²) in [5.41, 5.74) is 1.31. The molecule has 2 N–H and O–H groups in total. The van der Waals surface area contributed by atoms with Crippen LogP contribution in [-0.4, -0.2) is 27.1 Å². The second-order valence-electron chi connectivity index (χ2n) is 8.41. The predicted octanol–water partition coefficient (Wildman–Crippen LogP) is 6.71. The maximum Gasteiger partial charge on any atom is 0.265 e. The van der Waals surface area contributed by atoms with E-state index in [9.17, 15) is 12.8 Å². The zero-order chi connectivity index (χ0) is 24.3. The molecule has 182 valence electrons. The third-order valence-electron chi connectivity index (χ3n) is 5.95. The van der Waals surface area contributed by atoms with Crippen molar-refractivity contribution in [2.45, 2.75) is 43.9 Å². The molecule has 1 heterocycles. The molecule has 0 unspecified atom stereocenters. The molecular formula is C24H27ClFN3O3S2. The summed E-state index contributed by atoms with van der Waals surface area (Å²) in [6, 6.07) is 8.67. The van der Waals surface area contributed by atoms with Crippen LogP contribution < -0.4 is 14.8 Å². The van der Waals surface area contributed by atoms with E-state index in [4.69, 9.17) is 16.3 Å². The van der Waals surface area contributed by atoms with Crippen LogP contribution in [-0.2, 0) is 10.0 Å². The Labute approximate surface area is 208 Å². The maximum absolute atomic E-state index is 14.2. The van der Waals surface area contributed by atoms with Crippen molar-refractivity contribution in [3.05, 3.63) is 52.9 Å². The number of rotatable bonds is 8. The average molecular weight is 524 g/mol. The van der Waals surface area contributed by atoms with Gasteiger partial charge in [0.2, 0.25) is 0 Å². The fourth-order valence-corrected chi connectivity index (χ4v) is 6.55. The van der Waals surface area contributed by atoms with E-state index >= 15 is 0 Å². The van der Waals surface area contributed by atoms with Crippen molar-refractivity contribution < 1.29 is 17.5 Å². The van der Waals surface area contributed by atoms with E-state index in [1.54, 1.807) is 12.1 Å². The zero-order valence-electron chi connectivity index (χ0n) is 19.0. The largest absolute Gasteiger partial charge is 0.495 e. The van der Waals surface area contributed by atoms with Crippen LogP contribution in [0.3, 0.4) is 0 Å². The Bertz CT molecular complexity index is 1270. The minimum atomic E-state index is -4.14. The van der Waals surface area contributed by atoms with Crippen molar-refractivity contribution in [1.82, 2.24) is 4.98 Å². The van der Waals surface area contributed by atoms with E-state index in [1.807, 2.05) is 6.92 Å². The van der Waals surface area contributed by atoms with Crippen LogP contribution in [0.2, 0.25) is 5.02 Å². The molecule has 1 saturated carbocycles. The van der Waals surface area contributed by atoms with Gasteiger partial charge in [0, 0.05) is 11.6 Å².